The molecule has 24 heavy (non-hydrogen) atoms. The van der Waals surface area contributed by atoms with Crippen molar-refractivity contribution in [3.05, 3.63) is 24.3 Å². The van der Waals surface area contributed by atoms with Crippen LogP contribution in [0.15, 0.2) is 24.3 Å². The summed E-state index contributed by atoms with van der Waals surface area (Å²) in [6, 6.07) is 7.10. The summed E-state index contributed by atoms with van der Waals surface area (Å²) in [7, 11) is -3.17. The van der Waals surface area contributed by atoms with Gasteiger partial charge in [0.25, 0.3) is 0 Å². The zero-order valence-electron chi connectivity index (χ0n) is 13.5. The lowest BCUT2D eigenvalue weighted by Crippen LogP contribution is -2.34. The molecule has 3 N–H and O–H groups in total. The molecule has 0 bridgehead atoms. The third kappa shape index (κ3) is 4.20. The Labute approximate surface area is 149 Å². The van der Waals surface area contributed by atoms with E-state index in [-0.39, 0.29) is 36.0 Å². The first-order valence-electron chi connectivity index (χ1n) is 8.12. The number of amides is 1. The van der Waals surface area contributed by atoms with Crippen LogP contribution in [0.25, 0.3) is 0 Å². The number of carbonyl (C=O) groups is 1. The standard InChI is InChI=1S/C16H23N3O3S.ClH/c17-13-4-1-3-12(11-13)16(20)18-14-5-7-15(8-6-14)19-9-2-10-23(19,21)22;/h5-8,12-13H,1-4,9-11,17H2,(H,18,20);1H. The van der Waals surface area contributed by atoms with E-state index in [0.29, 0.717) is 24.3 Å². The summed E-state index contributed by atoms with van der Waals surface area (Å²) in [5, 5.41) is 2.91. The van der Waals surface area contributed by atoms with Crippen LogP contribution in [0.3, 0.4) is 0 Å². The lowest BCUT2D eigenvalue weighted by atomic mass is 9.85. The summed E-state index contributed by atoms with van der Waals surface area (Å²) >= 11 is 0. The van der Waals surface area contributed by atoms with Gasteiger partial charge in [-0.25, -0.2) is 8.42 Å². The number of nitrogens with one attached hydrogen (secondary N) is 1. The zero-order chi connectivity index (χ0) is 16.4. The van der Waals surface area contributed by atoms with Crippen molar-refractivity contribution in [2.75, 3.05) is 21.9 Å². The molecule has 1 amide bonds. The number of nitrogens with zero attached hydrogens (tertiary/aromatic N) is 1. The molecule has 0 spiro atoms. The molecule has 1 heterocycles. The lowest BCUT2D eigenvalue weighted by Gasteiger charge is -2.25. The number of hydrogen-bond donors (Lipinski definition) is 2. The summed E-state index contributed by atoms with van der Waals surface area (Å²) in [5.74, 6) is 0.173. The smallest absolute Gasteiger partial charge is 0.235 e. The van der Waals surface area contributed by atoms with E-state index >= 15 is 0 Å². The van der Waals surface area contributed by atoms with Crippen LogP contribution in [0.2, 0.25) is 0 Å². The highest BCUT2D eigenvalue weighted by Crippen LogP contribution is 2.27. The molecule has 3 rings (SSSR count). The molecular formula is C16H24ClN3O3S. The summed E-state index contributed by atoms with van der Waals surface area (Å²) in [6.07, 6.45) is 4.25. The quantitative estimate of drug-likeness (QED) is 0.848. The van der Waals surface area contributed by atoms with Crippen molar-refractivity contribution >= 4 is 39.7 Å². The van der Waals surface area contributed by atoms with Crippen LogP contribution in [-0.2, 0) is 14.8 Å². The van der Waals surface area contributed by atoms with Crippen LogP contribution in [-0.4, -0.2) is 32.7 Å². The number of nitrogens with two attached hydrogens (primary N) is 1. The van der Waals surface area contributed by atoms with Gasteiger partial charge in [-0.2, -0.15) is 0 Å². The minimum atomic E-state index is -3.17. The maximum Gasteiger partial charge on any atom is 0.235 e. The molecule has 2 atom stereocenters. The van der Waals surface area contributed by atoms with E-state index in [1.165, 1.54) is 4.31 Å². The van der Waals surface area contributed by atoms with Crippen molar-refractivity contribution in [1.29, 1.82) is 0 Å². The second kappa shape index (κ2) is 7.72. The van der Waals surface area contributed by atoms with E-state index in [0.717, 1.165) is 25.7 Å². The van der Waals surface area contributed by atoms with Crippen LogP contribution >= 0.6 is 12.4 Å². The molecule has 134 valence electrons. The Morgan fingerprint density at radius 3 is 2.46 bits per heavy atom. The van der Waals surface area contributed by atoms with Gasteiger partial charge in [0.2, 0.25) is 15.9 Å². The molecule has 8 heteroatoms. The number of benzene rings is 1. The summed E-state index contributed by atoms with van der Waals surface area (Å²) in [4.78, 5) is 12.3. The summed E-state index contributed by atoms with van der Waals surface area (Å²) in [6.45, 7) is 0.522. The normalized spacial score (nSPS) is 25.8. The third-order valence-electron chi connectivity index (χ3n) is 4.61. The Morgan fingerprint density at radius 2 is 1.88 bits per heavy atom. The molecule has 1 aromatic carbocycles. The molecule has 0 radical (unpaired) electrons. The second-order valence-corrected chi connectivity index (χ2v) is 8.41. The fraction of sp³-hybridized carbons (Fsp3) is 0.562. The molecule has 0 aromatic heterocycles. The van der Waals surface area contributed by atoms with Gasteiger partial charge in [0.15, 0.2) is 0 Å². The summed E-state index contributed by atoms with van der Waals surface area (Å²) < 4.78 is 25.2. The number of anilines is 2. The van der Waals surface area contributed by atoms with Gasteiger partial charge in [0.1, 0.15) is 0 Å². The average molecular weight is 374 g/mol. The Kier molecular flexibility index (Phi) is 6.11. The Morgan fingerprint density at radius 1 is 1.17 bits per heavy atom. The molecule has 2 aliphatic rings. The molecule has 1 saturated carbocycles. The van der Waals surface area contributed by atoms with Gasteiger partial charge < -0.3 is 11.1 Å². The Bertz CT molecular complexity index is 678. The topological polar surface area (TPSA) is 92.5 Å². The zero-order valence-corrected chi connectivity index (χ0v) is 15.1. The second-order valence-electron chi connectivity index (χ2n) is 6.40. The van der Waals surface area contributed by atoms with Gasteiger partial charge in [-0.05, 0) is 49.9 Å². The molecule has 1 aromatic rings. The average Bonchev–Trinajstić information content (AvgIpc) is 2.87. The SMILES string of the molecule is Cl.NC1CCCC(C(=O)Nc2ccc(N3CCCS3(=O)=O)cc2)C1. The van der Waals surface area contributed by atoms with Gasteiger partial charge in [-0.1, -0.05) is 6.42 Å². The first kappa shape index (κ1) is 19.0. The van der Waals surface area contributed by atoms with E-state index < -0.39 is 10.0 Å². The highest BCUT2D eigenvalue weighted by Gasteiger charge is 2.28. The Hall–Kier alpha value is -1.31. The predicted octanol–water partition coefficient (Wildman–Crippen LogP) is 2.10. The molecule has 2 unspecified atom stereocenters. The van der Waals surface area contributed by atoms with Gasteiger partial charge in [-0.15, -0.1) is 12.4 Å². The van der Waals surface area contributed by atoms with Gasteiger partial charge in [-0.3, -0.25) is 9.10 Å². The number of halogens is 1. The van der Waals surface area contributed by atoms with Crippen LogP contribution in [0.5, 0.6) is 0 Å². The van der Waals surface area contributed by atoms with Crippen molar-refractivity contribution in [3.63, 3.8) is 0 Å². The molecule has 1 saturated heterocycles. The summed E-state index contributed by atoms with van der Waals surface area (Å²) in [5.41, 5.74) is 7.27. The van der Waals surface area contributed by atoms with E-state index in [4.69, 9.17) is 5.73 Å². The van der Waals surface area contributed by atoms with Crippen molar-refractivity contribution in [3.8, 4) is 0 Å². The minimum absolute atomic E-state index is 0. The molecule has 1 aliphatic heterocycles. The van der Waals surface area contributed by atoms with Crippen molar-refractivity contribution < 1.29 is 13.2 Å². The van der Waals surface area contributed by atoms with Crippen molar-refractivity contribution in [1.82, 2.24) is 0 Å². The fourth-order valence-corrected chi connectivity index (χ4v) is 4.92. The monoisotopic (exact) mass is 373 g/mol. The maximum absolute atomic E-state index is 12.3. The molecule has 1 aliphatic carbocycles. The lowest BCUT2D eigenvalue weighted by molar-refractivity contribution is -0.120. The fourth-order valence-electron chi connectivity index (χ4n) is 3.35. The third-order valence-corrected chi connectivity index (χ3v) is 6.48. The van der Waals surface area contributed by atoms with Gasteiger partial charge in [0, 0.05) is 24.2 Å². The number of carbonyl (C=O) groups excluding carboxylic acids is 1. The molecular weight excluding hydrogens is 350 g/mol. The Balaban J connectivity index is 0.00000208. The first-order valence-corrected chi connectivity index (χ1v) is 9.73. The first-order chi connectivity index (χ1) is 11.0. The van der Waals surface area contributed by atoms with Crippen LogP contribution in [0.1, 0.15) is 32.1 Å². The van der Waals surface area contributed by atoms with Crippen LogP contribution in [0, 0.1) is 5.92 Å². The van der Waals surface area contributed by atoms with Gasteiger partial charge >= 0.3 is 0 Å². The van der Waals surface area contributed by atoms with E-state index in [1.54, 1.807) is 24.3 Å². The highest BCUT2D eigenvalue weighted by molar-refractivity contribution is 7.93. The molecule has 2 fully saturated rings. The number of hydrogen-bond acceptors (Lipinski definition) is 4. The maximum atomic E-state index is 12.3. The largest absolute Gasteiger partial charge is 0.328 e. The van der Waals surface area contributed by atoms with E-state index in [2.05, 4.69) is 5.32 Å². The van der Waals surface area contributed by atoms with E-state index in [9.17, 15) is 13.2 Å². The minimum Gasteiger partial charge on any atom is -0.328 e. The van der Waals surface area contributed by atoms with Gasteiger partial charge in [0.05, 0.1) is 11.4 Å². The van der Waals surface area contributed by atoms with Crippen molar-refractivity contribution in [2.24, 2.45) is 11.7 Å². The van der Waals surface area contributed by atoms with E-state index in [1.807, 2.05) is 0 Å². The highest BCUT2D eigenvalue weighted by atomic mass is 35.5. The number of sulfonamides is 1. The number of rotatable bonds is 3. The molecule has 6 nitrogen and oxygen atoms in total. The van der Waals surface area contributed by atoms with Crippen LogP contribution < -0.4 is 15.4 Å². The van der Waals surface area contributed by atoms with Crippen molar-refractivity contribution in [2.45, 2.75) is 38.1 Å². The predicted molar refractivity (Wildman–Crippen MR) is 98.0 cm³/mol. The van der Waals surface area contributed by atoms with Crippen LogP contribution in [0.4, 0.5) is 11.4 Å².